The molecule has 1 aliphatic heterocycles. The number of carbonyl (C=O) groups excluding carboxylic acids is 1. The van der Waals surface area contributed by atoms with Crippen LogP contribution in [0.5, 0.6) is 0 Å². The fraction of sp³-hybridized carbons (Fsp3) is 0.333. The average molecular weight is 361 g/mol. The Hall–Kier alpha value is -3.02. The summed E-state index contributed by atoms with van der Waals surface area (Å²) in [7, 11) is 0. The predicted octanol–water partition coefficient (Wildman–Crippen LogP) is 2.97. The van der Waals surface area contributed by atoms with Crippen molar-refractivity contribution in [3.8, 4) is 11.4 Å². The predicted molar refractivity (Wildman–Crippen MR) is 103 cm³/mol. The first-order valence-electron chi connectivity index (χ1n) is 9.50. The number of hydrogen-bond donors (Lipinski definition) is 1. The highest BCUT2D eigenvalue weighted by Gasteiger charge is 2.28. The molecule has 0 radical (unpaired) electrons. The molecule has 0 saturated carbocycles. The minimum atomic E-state index is -0.267. The van der Waals surface area contributed by atoms with Crippen LogP contribution in [-0.4, -0.2) is 32.2 Å². The van der Waals surface area contributed by atoms with Crippen molar-refractivity contribution in [3.05, 3.63) is 66.2 Å². The van der Waals surface area contributed by atoms with Crippen molar-refractivity contribution in [2.45, 2.75) is 38.1 Å². The van der Waals surface area contributed by atoms with E-state index in [1.165, 1.54) is 0 Å². The molecule has 0 fully saturated rings. The largest absolute Gasteiger partial charge is 0.354 e. The number of carbonyl (C=O) groups is 1. The molecule has 3 aromatic rings. The van der Waals surface area contributed by atoms with E-state index >= 15 is 0 Å². The van der Waals surface area contributed by atoms with E-state index in [2.05, 4.69) is 20.5 Å². The number of pyridine rings is 1. The minimum Gasteiger partial charge on any atom is -0.354 e. The van der Waals surface area contributed by atoms with Crippen LogP contribution in [0.2, 0.25) is 0 Å². The molecule has 4 rings (SSSR count). The lowest BCUT2D eigenvalue weighted by atomic mass is 10.1. The summed E-state index contributed by atoms with van der Waals surface area (Å²) in [6.07, 6.45) is 6.20. The maximum absolute atomic E-state index is 13.0. The van der Waals surface area contributed by atoms with Crippen molar-refractivity contribution in [2.75, 3.05) is 6.54 Å². The topological polar surface area (TPSA) is 72.7 Å². The van der Waals surface area contributed by atoms with Gasteiger partial charge in [0.15, 0.2) is 5.82 Å². The molecule has 6 heteroatoms. The van der Waals surface area contributed by atoms with Gasteiger partial charge in [0.25, 0.3) is 0 Å². The zero-order valence-corrected chi connectivity index (χ0v) is 15.2. The molecule has 1 unspecified atom stereocenters. The van der Waals surface area contributed by atoms with Gasteiger partial charge in [-0.05, 0) is 25.0 Å². The lowest BCUT2D eigenvalue weighted by Gasteiger charge is -2.19. The van der Waals surface area contributed by atoms with E-state index in [1.54, 1.807) is 6.20 Å². The number of amides is 1. The maximum Gasteiger partial charge on any atom is 0.243 e. The van der Waals surface area contributed by atoms with Gasteiger partial charge < -0.3 is 5.32 Å². The number of nitrogens with zero attached hydrogens (tertiary/aromatic N) is 4. The normalized spacial score (nSPS) is 16.4. The second-order valence-corrected chi connectivity index (χ2v) is 6.80. The molecule has 0 saturated heterocycles. The van der Waals surface area contributed by atoms with Gasteiger partial charge in [0.1, 0.15) is 11.9 Å². The van der Waals surface area contributed by atoms with Gasteiger partial charge in [-0.2, -0.15) is 0 Å². The molecule has 3 heterocycles. The Morgan fingerprint density at radius 1 is 1.07 bits per heavy atom. The van der Waals surface area contributed by atoms with Gasteiger partial charge in [-0.1, -0.05) is 42.8 Å². The molecule has 1 atom stereocenters. The molecule has 138 valence electrons. The number of benzene rings is 1. The first-order valence-corrected chi connectivity index (χ1v) is 9.50. The monoisotopic (exact) mass is 361 g/mol. The van der Waals surface area contributed by atoms with Crippen LogP contribution in [0.4, 0.5) is 0 Å². The Kier molecular flexibility index (Phi) is 5.23. The summed E-state index contributed by atoms with van der Waals surface area (Å²) < 4.78 is 2.04. The lowest BCUT2D eigenvalue weighted by Crippen LogP contribution is -2.34. The SMILES string of the molecule is O=C(NCCc1ccccn1)C1CCCCc2nnc(-c3ccccc3)n21. The summed E-state index contributed by atoms with van der Waals surface area (Å²) in [4.78, 5) is 17.3. The Morgan fingerprint density at radius 2 is 1.93 bits per heavy atom. The first kappa shape index (κ1) is 17.4. The molecule has 1 N–H and O–H groups in total. The van der Waals surface area contributed by atoms with E-state index in [0.29, 0.717) is 6.54 Å². The van der Waals surface area contributed by atoms with Gasteiger partial charge in [0, 0.05) is 36.8 Å². The third kappa shape index (κ3) is 3.89. The second kappa shape index (κ2) is 8.12. The number of rotatable bonds is 5. The highest BCUT2D eigenvalue weighted by molar-refractivity contribution is 5.81. The number of fused-ring (bicyclic) bond motifs is 1. The van der Waals surface area contributed by atoms with Crippen LogP contribution < -0.4 is 5.32 Å². The summed E-state index contributed by atoms with van der Waals surface area (Å²) in [5.74, 6) is 1.71. The van der Waals surface area contributed by atoms with Crippen LogP contribution in [-0.2, 0) is 17.6 Å². The van der Waals surface area contributed by atoms with Crippen molar-refractivity contribution in [2.24, 2.45) is 0 Å². The van der Waals surface area contributed by atoms with Crippen LogP contribution in [0, 0.1) is 0 Å². The van der Waals surface area contributed by atoms with Gasteiger partial charge in [-0.3, -0.25) is 14.3 Å². The average Bonchev–Trinajstić information content (AvgIpc) is 3.01. The van der Waals surface area contributed by atoms with Crippen LogP contribution >= 0.6 is 0 Å². The third-order valence-corrected chi connectivity index (χ3v) is 4.95. The van der Waals surface area contributed by atoms with E-state index in [1.807, 2.05) is 53.1 Å². The molecule has 1 aliphatic rings. The maximum atomic E-state index is 13.0. The quantitative estimate of drug-likeness (QED) is 0.758. The van der Waals surface area contributed by atoms with Crippen molar-refractivity contribution < 1.29 is 4.79 Å². The summed E-state index contributed by atoms with van der Waals surface area (Å²) in [6.45, 7) is 0.574. The summed E-state index contributed by atoms with van der Waals surface area (Å²) >= 11 is 0. The molecule has 27 heavy (non-hydrogen) atoms. The van der Waals surface area contributed by atoms with E-state index < -0.39 is 0 Å². The zero-order valence-electron chi connectivity index (χ0n) is 15.2. The molecular weight excluding hydrogens is 338 g/mol. The molecule has 0 spiro atoms. The number of aromatic nitrogens is 4. The van der Waals surface area contributed by atoms with Gasteiger partial charge in [-0.15, -0.1) is 10.2 Å². The smallest absolute Gasteiger partial charge is 0.243 e. The molecule has 6 nitrogen and oxygen atoms in total. The van der Waals surface area contributed by atoms with Crippen LogP contribution in [0.15, 0.2) is 54.7 Å². The molecule has 0 bridgehead atoms. The number of nitrogens with one attached hydrogen (secondary N) is 1. The Balaban J connectivity index is 1.53. The Morgan fingerprint density at radius 3 is 2.74 bits per heavy atom. The third-order valence-electron chi connectivity index (χ3n) is 4.95. The Labute approximate surface area is 158 Å². The Bertz CT molecular complexity index is 891. The van der Waals surface area contributed by atoms with Crippen molar-refractivity contribution in [1.82, 2.24) is 25.1 Å². The highest BCUT2D eigenvalue weighted by Crippen LogP contribution is 2.29. The first-order chi connectivity index (χ1) is 13.3. The van der Waals surface area contributed by atoms with Crippen molar-refractivity contribution >= 4 is 5.91 Å². The molecular formula is C21H23N5O. The minimum absolute atomic E-state index is 0.0334. The van der Waals surface area contributed by atoms with E-state index in [4.69, 9.17) is 0 Å². The van der Waals surface area contributed by atoms with Gasteiger partial charge in [0.05, 0.1) is 0 Å². The summed E-state index contributed by atoms with van der Waals surface area (Å²) in [6, 6.07) is 15.5. The number of hydrogen-bond acceptors (Lipinski definition) is 4. The van der Waals surface area contributed by atoms with Crippen LogP contribution in [0.3, 0.4) is 0 Å². The van der Waals surface area contributed by atoms with E-state index in [-0.39, 0.29) is 11.9 Å². The molecule has 2 aromatic heterocycles. The highest BCUT2D eigenvalue weighted by atomic mass is 16.2. The van der Waals surface area contributed by atoms with Gasteiger partial charge >= 0.3 is 0 Å². The molecule has 1 aromatic carbocycles. The van der Waals surface area contributed by atoms with Crippen LogP contribution in [0.25, 0.3) is 11.4 Å². The number of aryl methyl sites for hydroxylation is 1. The summed E-state index contributed by atoms with van der Waals surface area (Å²) in [5, 5.41) is 11.9. The second-order valence-electron chi connectivity index (χ2n) is 6.80. The van der Waals surface area contributed by atoms with E-state index in [0.717, 1.165) is 55.0 Å². The standard InChI is InChI=1S/C21H23N5O/c27-21(23-15-13-17-10-6-7-14-22-17)18-11-4-5-12-19-24-25-20(26(18)19)16-8-2-1-3-9-16/h1-3,6-10,14,18H,4-5,11-13,15H2,(H,23,27). The van der Waals surface area contributed by atoms with E-state index in [9.17, 15) is 4.79 Å². The van der Waals surface area contributed by atoms with Gasteiger partial charge in [-0.25, -0.2) is 0 Å². The fourth-order valence-electron chi connectivity index (χ4n) is 3.58. The van der Waals surface area contributed by atoms with Crippen molar-refractivity contribution in [3.63, 3.8) is 0 Å². The summed E-state index contributed by atoms with van der Waals surface area (Å²) in [5.41, 5.74) is 1.97. The lowest BCUT2D eigenvalue weighted by molar-refractivity contribution is -0.124. The fourth-order valence-corrected chi connectivity index (χ4v) is 3.58. The zero-order chi connectivity index (χ0) is 18.5. The van der Waals surface area contributed by atoms with Crippen LogP contribution in [0.1, 0.15) is 36.8 Å². The molecule has 0 aliphatic carbocycles. The van der Waals surface area contributed by atoms with Crippen molar-refractivity contribution in [1.29, 1.82) is 0 Å². The molecule has 1 amide bonds. The van der Waals surface area contributed by atoms with Gasteiger partial charge in [0.2, 0.25) is 5.91 Å².